The lowest BCUT2D eigenvalue weighted by Gasteiger charge is -2.22. The van der Waals surface area contributed by atoms with E-state index in [0.29, 0.717) is 23.0 Å². The molecule has 0 aromatic heterocycles. The molecule has 0 fully saturated rings. The Hall–Kier alpha value is -1.50. The zero-order valence-corrected chi connectivity index (χ0v) is 13.1. The molecule has 1 aromatic carbocycles. The number of halogens is 1. The number of ether oxygens (including phenoxy) is 1. The Bertz CT molecular complexity index is 625. The van der Waals surface area contributed by atoms with Crippen molar-refractivity contribution < 1.29 is 14.6 Å². The van der Waals surface area contributed by atoms with Crippen LogP contribution in [0.3, 0.4) is 0 Å². The number of carbonyl (C=O) groups excluding carboxylic acids is 1. The number of carbonyl (C=O) groups is 1. The van der Waals surface area contributed by atoms with E-state index < -0.39 is 12.1 Å². The molecule has 0 spiro atoms. The summed E-state index contributed by atoms with van der Waals surface area (Å²) < 4.78 is 5.53. The van der Waals surface area contributed by atoms with Crippen molar-refractivity contribution in [1.29, 1.82) is 0 Å². The van der Waals surface area contributed by atoms with Crippen LogP contribution in [0.1, 0.15) is 20.8 Å². The van der Waals surface area contributed by atoms with Gasteiger partial charge in [0.1, 0.15) is 23.8 Å². The predicted molar refractivity (Wildman–Crippen MR) is 80.7 cm³/mol. The Morgan fingerprint density at radius 3 is 2.71 bits per heavy atom. The zero-order valence-electron chi connectivity index (χ0n) is 12.3. The lowest BCUT2D eigenvalue weighted by atomic mass is 10.1. The molecule has 2 amide bonds. The molecule has 0 saturated heterocycles. The van der Waals surface area contributed by atoms with E-state index >= 15 is 0 Å². The highest BCUT2D eigenvalue weighted by atomic mass is 35.5. The number of nitrogens with one attached hydrogen (secondary N) is 1. The molecule has 1 heterocycles. The van der Waals surface area contributed by atoms with E-state index in [1.807, 2.05) is 20.8 Å². The third-order valence-corrected chi connectivity index (χ3v) is 2.70. The van der Waals surface area contributed by atoms with Crippen molar-refractivity contribution in [3.63, 3.8) is 0 Å². The maximum Gasteiger partial charge on any atom is 0.368 e. The van der Waals surface area contributed by atoms with E-state index in [1.165, 1.54) is 0 Å². The van der Waals surface area contributed by atoms with Crippen molar-refractivity contribution in [1.82, 2.24) is 5.32 Å². The summed E-state index contributed by atoms with van der Waals surface area (Å²) in [6.45, 7) is 6.63. The summed E-state index contributed by atoms with van der Waals surface area (Å²) in [5.74, 6) is 0.465. The molecule has 7 heteroatoms. The number of β-amino-alcohol motifs (C(OH)–C–C–N with tert-alkyl or cyclic N) is 1. The molecule has 1 unspecified atom stereocenters. The van der Waals surface area contributed by atoms with E-state index in [2.05, 4.69) is 15.3 Å². The Kier molecular flexibility index (Phi) is 5.83. The third-order valence-electron chi connectivity index (χ3n) is 2.70. The number of aliphatic hydroxyl groups excluding tert-OH is 1. The van der Waals surface area contributed by atoms with Gasteiger partial charge in [0.25, 0.3) is 0 Å². The first-order chi connectivity index (χ1) is 9.35. The molecular formula is C14H20ClN3O3. The first-order valence-electron chi connectivity index (χ1n) is 6.51. The highest BCUT2D eigenvalue weighted by molar-refractivity contribution is 5.85. The molecule has 1 aromatic rings. The fourth-order valence-corrected chi connectivity index (χ4v) is 1.72. The number of amides is 2. The molecule has 2 rings (SSSR count). The monoisotopic (exact) mass is 313 g/mol. The normalized spacial score (nSPS) is 14.6. The molecule has 1 aliphatic rings. The standard InChI is InChI=1S/C14H19N3O3.ClH/c1-14(2,3)15-7-9(18)8-20-11-6-4-5-10-12(11)17-13(19)16-10;/h4-6,9,15,18H,7-8H2,1-3H3;1H. The van der Waals surface area contributed by atoms with Gasteiger partial charge >= 0.3 is 6.03 Å². The van der Waals surface area contributed by atoms with Crippen LogP contribution in [0.15, 0.2) is 28.2 Å². The smallest absolute Gasteiger partial charge is 0.368 e. The topological polar surface area (TPSA) is 83.3 Å². The lowest BCUT2D eigenvalue weighted by molar-refractivity contribution is 0.0994. The lowest BCUT2D eigenvalue weighted by Crippen LogP contribution is -2.42. The zero-order chi connectivity index (χ0) is 14.8. The summed E-state index contributed by atoms with van der Waals surface area (Å²) >= 11 is 0. The van der Waals surface area contributed by atoms with Crippen LogP contribution in [0.4, 0.5) is 4.79 Å². The van der Waals surface area contributed by atoms with Crippen LogP contribution < -0.4 is 20.8 Å². The predicted octanol–water partition coefficient (Wildman–Crippen LogP) is 0.609. The van der Waals surface area contributed by atoms with E-state index in [-0.39, 0.29) is 24.6 Å². The molecule has 1 aliphatic heterocycles. The fraction of sp³-hybridized carbons (Fsp3) is 0.500. The van der Waals surface area contributed by atoms with Crippen LogP contribution in [-0.4, -0.2) is 35.9 Å². The van der Waals surface area contributed by atoms with Gasteiger partial charge in [-0.15, -0.1) is 12.4 Å². The SMILES string of the molecule is CC(C)(C)NCC(O)COc1cccc2c1=NC(=O)N=2.Cl. The maximum atomic E-state index is 11.2. The van der Waals surface area contributed by atoms with Crippen LogP contribution in [0.25, 0.3) is 0 Å². The van der Waals surface area contributed by atoms with Gasteiger partial charge in [-0.1, -0.05) is 6.07 Å². The minimum absolute atomic E-state index is 0. The van der Waals surface area contributed by atoms with Crippen LogP contribution in [-0.2, 0) is 0 Å². The average Bonchev–Trinajstić information content (AvgIpc) is 2.73. The van der Waals surface area contributed by atoms with Gasteiger partial charge in [-0.25, -0.2) is 4.79 Å². The Balaban J connectivity index is 0.00000220. The van der Waals surface area contributed by atoms with Crippen molar-refractivity contribution in [2.75, 3.05) is 13.2 Å². The van der Waals surface area contributed by atoms with Crippen LogP contribution >= 0.6 is 12.4 Å². The Morgan fingerprint density at radius 1 is 1.33 bits per heavy atom. The highest BCUT2D eigenvalue weighted by Gasteiger charge is 2.14. The largest absolute Gasteiger partial charge is 0.488 e. The van der Waals surface area contributed by atoms with Gasteiger partial charge in [-0.3, -0.25) is 0 Å². The molecule has 0 saturated carbocycles. The highest BCUT2D eigenvalue weighted by Crippen LogP contribution is 2.04. The molecule has 116 valence electrons. The van der Waals surface area contributed by atoms with Crippen LogP contribution in [0, 0.1) is 0 Å². The summed E-state index contributed by atoms with van der Waals surface area (Å²) in [6.07, 6.45) is -0.640. The number of hydrogen-bond acceptors (Lipinski definition) is 4. The van der Waals surface area contributed by atoms with Gasteiger partial charge in [-0.2, -0.15) is 9.98 Å². The van der Waals surface area contributed by atoms with E-state index in [9.17, 15) is 9.90 Å². The van der Waals surface area contributed by atoms with Gasteiger partial charge in [0, 0.05) is 12.1 Å². The summed E-state index contributed by atoms with van der Waals surface area (Å²) in [6, 6.07) is 4.63. The van der Waals surface area contributed by atoms with Crippen molar-refractivity contribution in [2.45, 2.75) is 32.4 Å². The first-order valence-corrected chi connectivity index (χ1v) is 6.51. The van der Waals surface area contributed by atoms with Crippen molar-refractivity contribution in [2.24, 2.45) is 9.98 Å². The van der Waals surface area contributed by atoms with Crippen molar-refractivity contribution in [3.05, 3.63) is 28.9 Å². The van der Waals surface area contributed by atoms with Gasteiger partial charge < -0.3 is 15.2 Å². The summed E-state index contributed by atoms with van der Waals surface area (Å²) in [5.41, 5.74) is -0.0599. The number of aliphatic hydroxyl groups is 1. The minimum Gasteiger partial charge on any atom is -0.488 e. The Morgan fingerprint density at radius 2 is 2.05 bits per heavy atom. The number of hydrogen-bond donors (Lipinski definition) is 2. The molecule has 1 atom stereocenters. The molecule has 0 aliphatic carbocycles. The van der Waals surface area contributed by atoms with Crippen molar-refractivity contribution in [3.8, 4) is 5.75 Å². The molecule has 2 N–H and O–H groups in total. The van der Waals surface area contributed by atoms with Gasteiger partial charge in [0.2, 0.25) is 0 Å². The van der Waals surface area contributed by atoms with Crippen LogP contribution in [0.5, 0.6) is 5.75 Å². The second-order valence-corrected chi connectivity index (χ2v) is 5.73. The quantitative estimate of drug-likeness (QED) is 0.834. The summed E-state index contributed by atoms with van der Waals surface area (Å²) in [7, 11) is 0. The van der Waals surface area contributed by atoms with Crippen LogP contribution in [0.2, 0.25) is 0 Å². The first kappa shape index (κ1) is 17.6. The second kappa shape index (κ2) is 6.98. The number of nitrogens with zero attached hydrogens (tertiary/aromatic N) is 2. The minimum atomic E-state index is -0.640. The summed E-state index contributed by atoms with van der Waals surface area (Å²) in [4.78, 5) is 18.7. The van der Waals surface area contributed by atoms with Gasteiger partial charge in [0.05, 0.1) is 5.36 Å². The van der Waals surface area contributed by atoms with E-state index in [1.54, 1.807) is 18.2 Å². The second-order valence-electron chi connectivity index (χ2n) is 5.73. The molecule has 6 nitrogen and oxygen atoms in total. The average molecular weight is 314 g/mol. The molecule has 0 bridgehead atoms. The molecular weight excluding hydrogens is 294 g/mol. The number of urea groups is 1. The van der Waals surface area contributed by atoms with Gasteiger partial charge in [-0.05, 0) is 32.9 Å². The maximum absolute atomic E-state index is 11.2. The number of fused-ring (bicyclic) bond motifs is 1. The van der Waals surface area contributed by atoms with Gasteiger partial charge in [0.15, 0.2) is 0 Å². The fourth-order valence-electron chi connectivity index (χ4n) is 1.72. The molecule has 21 heavy (non-hydrogen) atoms. The number of para-hydroxylation sites is 1. The van der Waals surface area contributed by atoms with E-state index in [0.717, 1.165) is 0 Å². The van der Waals surface area contributed by atoms with E-state index in [4.69, 9.17) is 4.74 Å². The molecule has 0 radical (unpaired) electrons. The number of benzene rings is 1. The summed E-state index contributed by atoms with van der Waals surface area (Å²) in [5, 5.41) is 14.0. The Labute approximate surface area is 129 Å². The van der Waals surface area contributed by atoms with Crippen molar-refractivity contribution >= 4 is 18.4 Å². The number of rotatable bonds is 5. The third kappa shape index (κ3) is 5.08.